The van der Waals surface area contributed by atoms with E-state index >= 15 is 0 Å². The minimum atomic E-state index is 1.09. The van der Waals surface area contributed by atoms with Crippen molar-refractivity contribution in [2.45, 2.75) is 0 Å². The molecule has 0 amide bonds. The van der Waals surface area contributed by atoms with Gasteiger partial charge in [0, 0.05) is 37.1 Å². The molecule has 1 aromatic heterocycles. The van der Waals surface area contributed by atoms with E-state index in [1.54, 1.807) is 0 Å². The lowest BCUT2D eigenvalue weighted by molar-refractivity contribution is 1.28. The summed E-state index contributed by atoms with van der Waals surface area (Å²) in [7, 11) is 0. The van der Waals surface area contributed by atoms with E-state index < -0.39 is 0 Å². The minimum absolute atomic E-state index is 1.09. The number of hydrogen-bond donors (Lipinski definition) is 0. The zero-order valence-corrected chi connectivity index (χ0v) is 33.7. The standard InChI is InChI=1S/C58H39NS/c1-2-13-40(14-3-1)41-27-29-44(30-28-41)52-20-6-8-24-55(52)59(49-37-33-45(34-38-49)53-23-12-26-57-58(53)54-21-7-9-25-56(54)60-57)48-35-31-42(32-36-48)46-17-10-18-47(39-46)51-22-11-16-43-15-4-5-19-50(43)51/h1-39H. The van der Waals surface area contributed by atoms with Crippen LogP contribution in [-0.2, 0) is 0 Å². The molecule has 2 heteroatoms. The minimum Gasteiger partial charge on any atom is -0.310 e. The summed E-state index contributed by atoms with van der Waals surface area (Å²) in [4.78, 5) is 2.40. The van der Waals surface area contributed by atoms with Crippen molar-refractivity contribution in [3.8, 4) is 55.6 Å². The van der Waals surface area contributed by atoms with Crippen LogP contribution >= 0.6 is 11.3 Å². The van der Waals surface area contributed by atoms with Crippen molar-refractivity contribution >= 4 is 59.3 Å². The molecule has 60 heavy (non-hydrogen) atoms. The number of fused-ring (bicyclic) bond motifs is 4. The van der Waals surface area contributed by atoms with Gasteiger partial charge in [0.2, 0.25) is 0 Å². The molecule has 1 heterocycles. The molecule has 0 atom stereocenters. The first-order chi connectivity index (χ1) is 29.7. The maximum absolute atomic E-state index is 2.40. The van der Waals surface area contributed by atoms with E-state index in [0.717, 1.165) is 17.1 Å². The Morgan fingerprint density at radius 1 is 0.283 bits per heavy atom. The van der Waals surface area contributed by atoms with Crippen LogP contribution in [0.2, 0.25) is 0 Å². The monoisotopic (exact) mass is 781 g/mol. The van der Waals surface area contributed by atoms with Gasteiger partial charge in [-0.15, -0.1) is 11.3 Å². The van der Waals surface area contributed by atoms with Crippen LogP contribution in [0.25, 0.3) is 86.6 Å². The third kappa shape index (κ3) is 6.54. The summed E-state index contributed by atoms with van der Waals surface area (Å²) in [5.74, 6) is 0. The predicted octanol–water partition coefficient (Wildman–Crippen LogP) is 17.0. The van der Waals surface area contributed by atoms with Gasteiger partial charge in [0.05, 0.1) is 5.69 Å². The van der Waals surface area contributed by atoms with Crippen LogP contribution in [0, 0.1) is 0 Å². The highest BCUT2D eigenvalue weighted by Gasteiger charge is 2.19. The average molecular weight is 782 g/mol. The number of para-hydroxylation sites is 1. The first-order valence-corrected chi connectivity index (χ1v) is 21.3. The molecule has 0 aliphatic rings. The smallest absolute Gasteiger partial charge is 0.0540 e. The van der Waals surface area contributed by atoms with Gasteiger partial charge in [0.25, 0.3) is 0 Å². The number of hydrogen-bond acceptors (Lipinski definition) is 2. The molecule has 0 saturated heterocycles. The summed E-state index contributed by atoms with van der Waals surface area (Å²) in [6, 6.07) is 86.1. The molecule has 0 radical (unpaired) electrons. The van der Waals surface area contributed by atoms with E-state index in [9.17, 15) is 0 Å². The van der Waals surface area contributed by atoms with Crippen LogP contribution in [0.1, 0.15) is 0 Å². The maximum Gasteiger partial charge on any atom is 0.0540 e. The molecule has 10 aromatic carbocycles. The van der Waals surface area contributed by atoms with Crippen LogP contribution in [0.15, 0.2) is 237 Å². The normalized spacial score (nSPS) is 11.3. The molecule has 0 spiro atoms. The molecule has 1 nitrogen and oxygen atoms in total. The van der Waals surface area contributed by atoms with E-state index in [4.69, 9.17) is 0 Å². The van der Waals surface area contributed by atoms with Gasteiger partial charge in [0.1, 0.15) is 0 Å². The Balaban J connectivity index is 1.00. The van der Waals surface area contributed by atoms with Crippen LogP contribution in [0.3, 0.4) is 0 Å². The Morgan fingerprint density at radius 3 is 1.58 bits per heavy atom. The lowest BCUT2D eigenvalue weighted by atomic mass is 9.95. The van der Waals surface area contributed by atoms with Crippen molar-refractivity contribution < 1.29 is 0 Å². The number of rotatable bonds is 8. The average Bonchev–Trinajstić information content (AvgIpc) is 3.72. The Labute approximate surface area is 354 Å². The highest BCUT2D eigenvalue weighted by Crippen LogP contribution is 2.44. The first kappa shape index (κ1) is 35.6. The number of thiophene rings is 1. The van der Waals surface area contributed by atoms with E-state index in [1.807, 2.05) is 11.3 Å². The molecule has 11 rings (SSSR count). The molecule has 0 N–H and O–H groups in total. The third-order valence-electron chi connectivity index (χ3n) is 11.7. The van der Waals surface area contributed by atoms with Gasteiger partial charge >= 0.3 is 0 Å². The second-order valence-electron chi connectivity index (χ2n) is 15.3. The van der Waals surface area contributed by atoms with Gasteiger partial charge in [-0.05, 0) is 109 Å². The zero-order valence-electron chi connectivity index (χ0n) is 32.9. The summed E-state index contributed by atoms with van der Waals surface area (Å²) in [6.45, 7) is 0. The fourth-order valence-electron chi connectivity index (χ4n) is 8.76. The van der Waals surface area contributed by atoms with Gasteiger partial charge < -0.3 is 4.90 Å². The van der Waals surface area contributed by atoms with Crippen molar-refractivity contribution in [2.75, 3.05) is 4.90 Å². The van der Waals surface area contributed by atoms with Gasteiger partial charge in [-0.25, -0.2) is 0 Å². The number of benzene rings is 10. The Bertz CT molecular complexity index is 3280. The Kier molecular flexibility index (Phi) is 9.11. The fraction of sp³-hybridized carbons (Fsp3) is 0. The summed E-state index contributed by atoms with van der Waals surface area (Å²) < 4.78 is 2.63. The van der Waals surface area contributed by atoms with Crippen molar-refractivity contribution in [1.82, 2.24) is 0 Å². The summed E-state index contributed by atoms with van der Waals surface area (Å²) >= 11 is 1.86. The lowest BCUT2D eigenvalue weighted by Gasteiger charge is -2.28. The van der Waals surface area contributed by atoms with Crippen molar-refractivity contribution in [2.24, 2.45) is 0 Å². The topological polar surface area (TPSA) is 3.24 Å². The molecular formula is C58H39NS. The van der Waals surface area contributed by atoms with E-state index in [1.165, 1.54) is 86.6 Å². The maximum atomic E-state index is 2.40. The summed E-state index contributed by atoms with van der Waals surface area (Å²) in [5.41, 5.74) is 15.4. The van der Waals surface area contributed by atoms with E-state index in [-0.39, 0.29) is 0 Å². The first-order valence-electron chi connectivity index (χ1n) is 20.5. The molecule has 282 valence electrons. The van der Waals surface area contributed by atoms with Gasteiger partial charge in [-0.2, -0.15) is 0 Å². The second-order valence-corrected chi connectivity index (χ2v) is 16.4. The fourth-order valence-corrected chi connectivity index (χ4v) is 9.90. The van der Waals surface area contributed by atoms with Crippen molar-refractivity contribution in [3.63, 3.8) is 0 Å². The number of nitrogens with zero attached hydrogens (tertiary/aromatic N) is 1. The van der Waals surface area contributed by atoms with Crippen molar-refractivity contribution in [3.05, 3.63) is 237 Å². The van der Waals surface area contributed by atoms with Crippen molar-refractivity contribution in [1.29, 1.82) is 0 Å². The molecule has 0 aliphatic carbocycles. The van der Waals surface area contributed by atoms with Gasteiger partial charge in [-0.3, -0.25) is 0 Å². The lowest BCUT2D eigenvalue weighted by Crippen LogP contribution is -2.11. The van der Waals surface area contributed by atoms with Crippen LogP contribution < -0.4 is 4.90 Å². The zero-order chi connectivity index (χ0) is 39.8. The molecule has 0 bridgehead atoms. The van der Waals surface area contributed by atoms with E-state index in [2.05, 4.69) is 241 Å². The molecule has 0 saturated carbocycles. The molecule has 0 fully saturated rings. The predicted molar refractivity (Wildman–Crippen MR) is 259 cm³/mol. The Morgan fingerprint density at radius 2 is 0.767 bits per heavy atom. The largest absolute Gasteiger partial charge is 0.310 e. The second kappa shape index (κ2) is 15.3. The molecule has 0 aliphatic heterocycles. The van der Waals surface area contributed by atoms with Crippen LogP contribution in [-0.4, -0.2) is 0 Å². The van der Waals surface area contributed by atoms with Crippen LogP contribution in [0.5, 0.6) is 0 Å². The third-order valence-corrected chi connectivity index (χ3v) is 12.8. The molecule has 0 unspecified atom stereocenters. The van der Waals surface area contributed by atoms with E-state index in [0.29, 0.717) is 0 Å². The highest BCUT2D eigenvalue weighted by molar-refractivity contribution is 7.25. The van der Waals surface area contributed by atoms with Gasteiger partial charge in [-0.1, -0.05) is 188 Å². The Hall–Kier alpha value is -7.52. The number of anilines is 3. The highest BCUT2D eigenvalue weighted by atomic mass is 32.1. The summed E-state index contributed by atoms with van der Waals surface area (Å²) in [5, 5.41) is 5.16. The molecular weight excluding hydrogens is 743 g/mol. The van der Waals surface area contributed by atoms with Crippen LogP contribution in [0.4, 0.5) is 17.1 Å². The van der Waals surface area contributed by atoms with Gasteiger partial charge in [0.15, 0.2) is 0 Å². The quantitative estimate of drug-likeness (QED) is 0.148. The molecule has 11 aromatic rings. The SMILES string of the molecule is c1ccc(-c2ccc(-c3ccccc3N(c3ccc(-c4cccc(-c5cccc6ccccc56)c4)cc3)c3ccc(-c4cccc5sc6ccccc6c45)cc3)cc2)cc1. The summed E-state index contributed by atoms with van der Waals surface area (Å²) in [6.07, 6.45) is 0.